The molecule has 1 aromatic carbocycles. The number of hydrogen-bond donors (Lipinski definition) is 1. The fourth-order valence-electron chi connectivity index (χ4n) is 2.31. The topological polar surface area (TPSA) is 30.5 Å². The van der Waals surface area contributed by atoms with E-state index in [-0.39, 0.29) is 6.29 Å². The molecule has 1 heterocycles. The Bertz CT molecular complexity index is 351. The summed E-state index contributed by atoms with van der Waals surface area (Å²) in [7, 11) is 0. The van der Waals surface area contributed by atoms with Gasteiger partial charge in [0.2, 0.25) is 0 Å². The van der Waals surface area contributed by atoms with Gasteiger partial charge in [0.25, 0.3) is 0 Å². The van der Waals surface area contributed by atoms with E-state index in [0.29, 0.717) is 0 Å². The molecule has 100 valence electrons. The average Bonchev–Trinajstić information content (AvgIpc) is 2.45. The summed E-state index contributed by atoms with van der Waals surface area (Å²) in [6.45, 7) is 6.72. The summed E-state index contributed by atoms with van der Waals surface area (Å²) in [4.78, 5) is 0. The van der Waals surface area contributed by atoms with E-state index in [2.05, 4.69) is 37.4 Å². The lowest BCUT2D eigenvalue weighted by molar-refractivity contribution is -0.169. The van der Waals surface area contributed by atoms with Crippen LogP contribution in [0, 0.1) is 0 Å². The van der Waals surface area contributed by atoms with Gasteiger partial charge in [-0.1, -0.05) is 32.0 Å². The van der Waals surface area contributed by atoms with Crippen molar-refractivity contribution >= 4 is 5.69 Å². The zero-order valence-corrected chi connectivity index (χ0v) is 11.4. The van der Waals surface area contributed by atoms with Gasteiger partial charge in [-0.3, -0.25) is 0 Å². The Morgan fingerprint density at radius 2 is 1.72 bits per heavy atom. The van der Waals surface area contributed by atoms with E-state index in [1.807, 2.05) is 0 Å². The third-order valence-corrected chi connectivity index (χ3v) is 3.34. The lowest BCUT2D eigenvalue weighted by Crippen LogP contribution is -2.31. The number of nitrogens with one attached hydrogen (secondary N) is 1. The fraction of sp³-hybridized carbons (Fsp3) is 0.600. The molecular weight excluding hydrogens is 226 g/mol. The second-order valence-electron chi connectivity index (χ2n) is 4.56. The van der Waals surface area contributed by atoms with Crippen LogP contribution in [0.1, 0.15) is 31.4 Å². The van der Waals surface area contributed by atoms with Gasteiger partial charge in [0, 0.05) is 5.69 Å². The van der Waals surface area contributed by atoms with Gasteiger partial charge >= 0.3 is 0 Å². The standard InChI is InChI=1S/C15H23NO2/c1-3-12-7-5-8-13(4-2)15(12)16-11-14-17-9-6-10-18-14/h5,7-8,14,16H,3-4,6,9-11H2,1-2H3. The summed E-state index contributed by atoms with van der Waals surface area (Å²) in [6, 6.07) is 6.50. The molecule has 3 heteroatoms. The van der Waals surface area contributed by atoms with E-state index in [9.17, 15) is 0 Å². The van der Waals surface area contributed by atoms with E-state index in [1.165, 1.54) is 16.8 Å². The Morgan fingerprint density at radius 3 is 2.28 bits per heavy atom. The van der Waals surface area contributed by atoms with Crippen LogP contribution in [0.15, 0.2) is 18.2 Å². The zero-order valence-electron chi connectivity index (χ0n) is 11.4. The first kappa shape index (κ1) is 13.4. The quantitative estimate of drug-likeness (QED) is 0.870. The second kappa shape index (κ2) is 6.76. The molecule has 1 saturated heterocycles. The number of rotatable bonds is 5. The maximum absolute atomic E-state index is 5.56. The largest absolute Gasteiger partial charge is 0.379 e. The van der Waals surface area contributed by atoms with Crippen molar-refractivity contribution < 1.29 is 9.47 Å². The minimum atomic E-state index is -0.103. The number of para-hydroxylation sites is 1. The van der Waals surface area contributed by atoms with Crippen molar-refractivity contribution in [2.45, 2.75) is 39.4 Å². The number of ether oxygens (including phenoxy) is 2. The summed E-state index contributed by atoms with van der Waals surface area (Å²) in [5, 5.41) is 3.50. The van der Waals surface area contributed by atoms with Crippen molar-refractivity contribution in [3.05, 3.63) is 29.3 Å². The van der Waals surface area contributed by atoms with Crippen LogP contribution in [0.25, 0.3) is 0 Å². The third-order valence-electron chi connectivity index (χ3n) is 3.34. The monoisotopic (exact) mass is 249 g/mol. The molecule has 0 unspecified atom stereocenters. The predicted molar refractivity (Wildman–Crippen MR) is 74.0 cm³/mol. The molecule has 18 heavy (non-hydrogen) atoms. The van der Waals surface area contributed by atoms with Crippen LogP contribution in [0.2, 0.25) is 0 Å². The van der Waals surface area contributed by atoms with Crippen LogP contribution in [0.4, 0.5) is 5.69 Å². The number of aryl methyl sites for hydroxylation is 2. The smallest absolute Gasteiger partial charge is 0.174 e. The molecule has 0 amide bonds. The zero-order chi connectivity index (χ0) is 12.8. The molecule has 0 bridgehead atoms. The van der Waals surface area contributed by atoms with Crippen LogP contribution in [-0.2, 0) is 22.3 Å². The average molecular weight is 249 g/mol. The van der Waals surface area contributed by atoms with Crippen LogP contribution in [0.3, 0.4) is 0 Å². The first-order valence-corrected chi connectivity index (χ1v) is 6.93. The Labute approximate surface area is 109 Å². The highest BCUT2D eigenvalue weighted by Gasteiger charge is 2.15. The Morgan fingerprint density at radius 1 is 1.11 bits per heavy atom. The minimum Gasteiger partial charge on any atom is -0.379 e. The van der Waals surface area contributed by atoms with Gasteiger partial charge in [-0.2, -0.15) is 0 Å². The molecule has 1 fully saturated rings. The molecule has 0 radical (unpaired) electrons. The van der Waals surface area contributed by atoms with Crippen LogP contribution in [-0.4, -0.2) is 26.0 Å². The van der Waals surface area contributed by atoms with Crippen molar-refractivity contribution in [2.75, 3.05) is 25.1 Å². The highest BCUT2D eigenvalue weighted by Crippen LogP contribution is 2.22. The van der Waals surface area contributed by atoms with Gasteiger partial charge in [-0.05, 0) is 30.4 Å². The maximum Gasteiger partial charge on any atom is 0.174 e. The maximum atomic E-state index is 5.56. The summed E-state index contributed by atoms with van der Waals surface area (Å²) in [5.41, 5.74) is 4.00. The van der Waals surface area contributed by atoms with E-state index < -0.39 is 0 Å². The predicted octanol–water partition coefficient (Wildman–Crippen LogP) is 2.99. The first-order chi connectivity index (χ1) is 8.85. The Kier molecular flexibility index (Phi) is 5.02. The van der Waals surface area contributed by atoms with Crippen LogP contribution in [0.5, 0.6) is 0 Å². The van der Waals surface area contributed by atoms with Crippen LogP contribution < -0.4 is 5.32 Å². The SMILES string of the molecule is CCc1cccc(CC)c1NCC1OCCCO1. The van der Waals surface area contributed by atoms with Gasteiger partial charge in [0.1, 0.15) is 0 Å². The van der Waals surface area contributed by atoms with Gasteiger partial charge < -0.3 is 14.8 Å². The van der Waals surface area contributed by atoms with Crippen LogP contribution >= 0.6 is 0 Å². The number of benzene rings is 1. The normalized spacial score (nSPS) is 16.8. The summed E-state index contributed by atoms with van der Waals surface area (Å²) in [6.07, 6.45) is 2.99. The molecule has 1 aliphatic heterocycles. The molecule has 3 nitrogen and oxygen atoms in total. The van der Waals surface area contributed by atoms with Gasteiger partial charge in [-0.15, -0.1) is 0 Å². The molecule has 0 spiro atoms. The molecule has 0 atom stereocenters. The summed E-state index contributed by atoms with van der Waals surface area (Å²) in [5.74, 6) is 0. The molecule has 2 rings (SSSR count). The van der Waals surface area contributed by atoms with E-state index in [1.54, 1.807) is 0 Å². The van der Waals surface area contributed by atoms with Gasteiger partial charge in [0.05, 0.1) is 19.8 Å². The first-order valence-electron chi connectivity index (χ1n) is 6.93. The second-order valence-corrected chi connectivity index (χ2v) is 4.56. The Hall–Kier alpha value is -1.06. The molecule has 0 aromatic heterocycles. The molecule has 1 aromatic rings. The fourth-order valence-corrected chi connectivity index (χ4v) is 2.31. The Balaban J connectivity index is 2.02. The lowest BCUT2D eigenvalue weighted by Gasteiger charge is -2.25. The lowest BCUT2D eigenvalue weighted by atomic mass is 10.0. The molecule has 1 N–H and O–H groups in total. The van der Waals surface area contributed by atoms with Crippen molar-refractivity contribution in [1.82, 2.24) is 0 Å². The van der Waals surface area contributed by atoms with Crippen molar-refractivity contribution in [1.29, 1.82) is 0 Å². The highest BCUT2D eigenvalue weighted by atomic mass is 16.7. The van der Waals surface area contributed by atoms with Crippen molar-refractivity contribution in [2.24, 2.45) is 0 Å². The summed E-state index contributed by atoms with van der Waals surface area (Å²) < 4.78 is 11.1. The molecule has 1 aliphatic rings. The third kappa shape index (κ3) is 3.24. The van der Waals surface area contributed by atoms with E-state index in [4.69, 9.17) is 9.47 Å². The van der Waals surface area contributed by atoms with Gasteiger partial charge in [-0.25, -0.2) is 0 Å². The van der Waals surface area contributed by atoms with Crippen molar-refractivity contribution in [3.8, 4) is 0 Å². The molecular formula is C15H23NO2. The number of anilines is 1. The molecule has 0 saturated carbocycles. The molecule has 0 aliphatic carbocycles. The van der Waals surface area contributed by atoms with E-state index >= 15 is 0 Å². The number of hydrogen-bond acceptors (Lipinski definition) is 3. The highest BCUT2D eigenvalue weighted by molar-refractivity contribution is 5.57. The minimum absolute atomic E-state index is 0.103. The van der Waals surface area contributed by atoms with E-state index in [0.717, 1.165) is 39.0 Å². The van der Waals surface area contributed by atoms with Gasteiger partial charge in [0.15, 0.2) is 6.29 Å². The summed E-state index contributed by atoms with van der Waals surface area (Å²) >= 11 is 0. The van der Waals surface area contributed by atoms with Crippen molar-refractivity contribution in [3.63, 3.8) is 0 Å².